The van der Waals surface area contributed by atoms with Gasteiger partial charge in [-0.3, -0.25) is 4.79 Å². The molecule has 1 aliphatic heterocycles. The Kier molecular flexibility index (Phi) is 3.65. The average molecular weight is 286 g/mol. The molecule has 0 spiro atoms. The van der Waals surface area contributed by atoms with Crippen molar-refractivity contribution in [3.63, 3.8) is 0 Å². The zero-order valence-electron chi connectivity index (χ0n) is 11.0. The van der Waals surface area contributed by atoms with Gasteiger partial charge in [0.05, 0.1) is 5.25 Å². The summed E-state index contributed by atoms with van der Waals surface area (Å²) in [5.41, 5.74) is 1.67. The molecule has 3 nitrogen and oxygen atoms in total. The Labute approximate surface area is 121 Å². The second-order valence-electron chi connectivity index (χ2n) is 4.46. The average Bonchev–Trinajstić information content (AvgIpc) is 2.96. The number of carbonyl (C=O) groups excluding carboxylic acids is 1. The summed E-state index contributed by atoms with van der Waals surface area (Å²) in [5, 5.41) is -0.230. The first-order chi connectivity index (χ1) is 9.79. The summed E-state index contributed by atoms with van der Waals surface area (Å²) in [4.78, 5) is 12.6. The number of hydrogen-bond acceptors (Lipinski definition) is 4. The van der Waals surface area contributed by atoms with Crippen molar-refractivity contribution >= 4 is 17.5 Å². The lowest BCUT2D eigenvalue weighted by Gasteiger charge is -2.14. The quantitative estimate of drug-likeness (QED) is 0.803. The van der Waals surface area contributed by atoms with Crippen LogP contribution in [0.1, 0.15) is 21.2 Å². The van der Waals surface area contributed by atoms with Crippen molar-refractivity contribution in [1.82, 2.24) is 0 Å². The molecule has 0 fully saturated rings. The summed E-state index contributed by atoms with van der Waals surface area (Å²) in [5.74, 6) is 1.56. The minimum absolute atomic E-state index is 0.108. The molecule has 0 saturated heterocycles. The Morgan fingerprint density at radius 3 is 2.60 bits per heavy atom. The molecule has 0 radical (unpaired) electrons. The molecule has 1 heterocycles. The molecule has 4 heteroatoms. The summed E-state index contributed by atoms with van der Waals surface area (Å²) >= 11 is 1.53. The van der Waals surface area contributed by atoms with E-state index in [4.69, 9.17) is 9.47 Å². The van der Waals surface area contributed by atoms with Gasteiger partial charge >= 0.3 is 0 Å². The maximum atomic E-state index is 12.6. The zero-order valence-corrected chi connectivity index (χ0v) is 11.9. The fraction of sp³-hybridized carbons (Fsp3) is 0.188. The topological polar surface area (TPSA) is 35.5 Å². The summed E-state index contributed by atoms with van der Waals surface area (Å²) in [7, 11) is 0. The van der Waals surface area contributed by atoms with E-state index in [1.807, 2.05) is 54.8 Å². The molecule has 3 rings (SSSR count). The molecule has 20 heavy (non-hydrogen) atoms. The van der Waals surface area contributed by atoms with E-state index in [0.29, 0.717) is 5.75 Å². The summed E-state index contributed by atoms with van der Waals surface area (Å²) < 4.78 is 10.7. The van der Waals surface area contributed by atoms with Crippen LogP contribution in [0.5, 0.6) is 11.5 Å². The third-order valence-electron chi connectivity index (χ3n) is 3.23. The first kappa shape index (κ1) is 13.1. The second-order valence-corrected chi connectivity index (χ2v) is 5.40. The first-order valence-corrected chi connectivity index (χ1v) is 7.60. The zero-order chi connectivity index (χ0) is 13.9. The molecule has 0 saturated carbocycles. The van der Waals surface area contributed by atoms with Crippen LogP contribution in [0, 0.1) is 0 Å². The monoisotopic (exact) mass is 286 g/mol. The SMILES string of the molecule is CSC(C(=O)c1ccccc1)c1ccc2c(c1)OCO2. The number of rotatable bonds is 4. The smallest absolute Gasteiger partial charge is 0.231 e. The van der Waals surface area contributed by atoms with Crippen LogP contribution in [0.15, 0.2) is 48.5 Å². The van der Waals surface area contributed by atoms with Crippen molar-refractivity contribution in [2.24, 2.45) is 0 Å². The highest BCUT2D eigenvalue weighted by atomic mass is 32.2. The highest BCUT2D eigenvalue weighted by Gasteiger charge is 2.23. The normalized spacial score (nSPS) is 14.1. The molecular formula is C16H14O3S. The van der Waals surface area contributed by atoms with Gasteiger partial charge in [-0.1, -0.05) is 36.4 Å². The first-order valence-electron chi connectivity index (χ1n) is 6.31. The number of ether oxygens (including phenoxy) is 2. The molecule has 1 atom stereocenters. The summed E-state index contributed by atoms with van der Waals surface area (Å²) in [6, 6.07) is 15.0. The van der Waals surface area contributed by atoms with E-state index in [0.717, 1.165) is 16.9 Å². The number of ketones is 1. The van der Waals surface area contributed by atoms with E-state index in [1.165, 1.54) is 11.8 Å². The number of Topliss-reactive ketones (excluding diaryl/α,β-unsaturated/α-hetero) is 1. The predicted octanol–water partition coefficient (Wildman–Crippen LogP) is 3.70. The Morgan fingerprint density at radius 2 is 1.85 bits per heavy atom. The van der Waals surface area contributed by atoms with E-state index in [2.05, 4.69) is 0 Å². The third-order valence-corrected chi connectivity index (χ3v) is 4.19. The Morgan fingerprint density at radius 1 is 1.10 bits per heavy atom. The van der Waals surface area contributed by atoms with Crippen LogP contribution in [0.3, 0.4) is 0 Å². The maximum absolute atomic E-state index is 12.6. The van der Waals surface area contributed by atoms with E-state index < -0.39 is 0 Å². The molecule has 1 aliphatic rings. The number of thioether (sulfide) groups is 1. The lowest BCUT2D eigenvalue weighted by molar-refractivity contribution is 0.0989. The van der Waals surface area contributed by atoms with Gasteiger partial charge in [-0.2, -0.15) is 0 Å². The molecule has 0 aromatic heterocycles. The number of carbonyl (C=O) groups is 1. The lowest BCUT2D eigenvalue weighted by atomic mass is 10.0. The van der Waals surface area contributed by atoms with Crippen LogP contribution in [0.4, 0.5) is 0 Å². The van der Waals surface area contributed by atoms with Crippen LogP contribution in [-0.4, -0.2) is 18.8 Å². The van der Waals surface area contributed by atoms with Crippen molar-refractivity contribution in [3.05, 3.63) is 59.7 Å². The fourth-order valence-electron chi connectivity index (χ4n) is 2.22. The van der Waals surface area contributed by atoms with E-state index in [1.54, 1.807) is 0 Å². The minimum atomic E-state index is -0.230. The Balaban J connectivity index is 1.92. The van der Waals surface area contributed by atoms with Crippen molar-refractivity contribution in [3.8, 4) is 11.5 Å². The molecule has 1 unspecified atom stereocenters. The maximum Gasteiger partial charge on any atom is 0.231 e. The third kappa shape index (κ3) is 2.39. The molecule has 102 valence electrons. The van der Waals surface area contributed by atoms with Gasteiger partial charge in [0, 0.05) is 5.56 Å². The van der Waals surface area contributed by atoms with Crippen LogP contribution in [0.25, 0.3) is 0 Å². The van der Waals surface area contributed by atoms with E-state index >= 15 is 0 Å². The lowest BCUT2D eigenvalue weighted by Crippen LogP contribution is -2.09. The Bertz CT molecular complexity index is 625. The molecule has 0 N–H and O–H groups in total. The van der Waals surface area contributed by atoms with Gasteiger partial charge < -0.3 is 9.47 Å². The van der Waals surface area contributed by atoms with Gasteiger partial charge in [-0.25, -0.2) is 0 Å². The largest absolute Gasteiger partial charge is 0.454 e. The van der Waals surface area contributed by atoms with Crippen molar-refractivity contribution in [1.29, 1.82) is 0 Å². The highest BCUT2D eigenvalue weighted by molar-refractivity contribution is 7.99. The molecule has 0 amide bonds. The number of benzene rings is 2. The fourth-order valence-corrected chi connectivity index (χ4v) is 2.99. The predicted molar refractivity (Wildman–Crippen MR) is 79.6 cm³/mol. The summed E-state index contributed by atoms with van der Waals surface area (Å²) in [6.45, 7) is 0.245. The van der Waals surface area contributed by atoms with Crippen LogP contribution < -0.4 is 9.47 Å². The van der Waals surface area contributed by atoms with Crippen molar-refractivity contribution < 1.29 is 14.3 Å². The Hall–Kier alpha value is -1.94. The molecule has 0 bridgehead atoms. The molecular weight excluding hydrogens is 272 g/mol. The van der Waals surface area contributed by atoms with Crippen LogP contribution in [-0.2, 0) is 0 Å². The van der Waals surface area contributed by atoms with E-state index in [9.17, 15) is 4.79 Å². The number of fused-ring (bicyclic) bond motifs is 1. The van der Waals surface area contributed by atoms with Crippen molar-refractivity contribution in [2.75, 3.05) is 13.0 Å². The van der Waals surface area contributed by atoms with Crippen LogP contribution in [0.2, 0.25) is 0 Å². The van der Waals surface area contributed by atoms with Gasteiger partial charge in [0.1, 0.15) is 0 Å². The minimum Gasteiger partial charge on any atom is -0.454 e. The molecule has 2 aromatic rings. The van der Waals surface area contributed by atoms with Crippen molar-refractivity contribution in [2.45, 2.75) is 5.25 Å². The van der Waals surface area contributed by atoms with Gasteiger partial charge in [-0.05, 0) is 24.0 Å². The molecule has 0 aliphatic carbocycles. The second kappa shape index (κ2) is 5.59. The van der Waals surface area contributed by atoms with Gasteiger partial charge in [-0.15, -0.1) is 11.8 Å². The van der Waals surface area contributed by atoms with E-state index in [-0.39, 0.29) is 17.8 Å². The van der Waals surface area contributed by atoms with Gasteiger partial charge in [0.25, 0.3) is 0 Å². The standard InChI is InChI=1S/C16H14O3S/c1-20-16(15(17)11-5-3-2-4-6-11)12-7-8-13-14(9-12)19-10-18-13/h2-9,16H,10H2,1H3. The number of hydrogen-bond donors (Lipinski definition) is 0. The molecule has 2 aromatic carbocycles. The van der Waals surface area contributed by atoms with Gasteiger partial charge in [0.2, 0.25) is 6.79 Å². The van der Waals surface area contributed by atoms with Crippen LogP contribution >= 0.6 is 11.8 Å². The highest BCUT2D eigenvalue weighted by Crippen LogP contribution is 2.38. The summed E-state index contributed by atoms with van der Waals surface area (Å²) in [6.07, 6.45) is 1.94. The van der Waals surface area contributed by atoms with Gasteiger partial charge in [0.15, 0.2) is 17.3 Å².